The first-order valence-electron chi connectivity index (χ1n) is 2.47. The largest absolute Gasteiger partial charge is 0.477 e. The van der Waals surface area contributed by atoms with Gasteiger partial charge in [-0.25, -0.2) is 4.79 Å². The molecule has 0 radical (unpaired) electrons. The fourth-order valence-electron chi connectivity index (χ4n) is 0.376. The Morgan fingerprint density at radius 3 is 1.83 bits per heavy atom. The summed E-state index contributed by atoms with van der Waals surface area (Å²) in [6, 6.07) is 0. The lowest BCUT2D eigenvalue weighted by Gasteiger charge is -1.94. The van der Waals surface area contributed by atoms with Crippen molar-refractivity contribution in [2.24, 2.45) is 5.73 Å². The molecule has 8 heteroatoms. The highest BCUT2D eigenvalue weighted by Gasteiger charge is 2.22. The van der Waals surface area contributed by atoms with Crippen LogP contribution in [0.4, 0.5) is 0 Å². The van der Waals surface area contributed by atoms with Crippen molar-refractivity contribution in [1.29, 1.82) is 0 Å². The van der Waals surface area contributed by atoms with Gasteiger partial charge in [0.15, 0.2) is 4.91 Å². The van der Waals surface area contributed by atoms with Gasteiger partial charge < -0.3 is 10.8 Å². The molecule has 0 saturated heterocycles. The highest BCUT2D eigenvalue weighted by Crippen LogP contribution is 2.02. The predicted octanol–water partition coefficient (Wildman–Crippen LogP) is -1.67. The van der Waals surface area contributed by atoms with Gasteiger partial charge in [0.2, 0.25) is 5.91 Å². The lowest BCUT2D eigenvalue weighted by molar-refractivity contribution is -0.132. The number of carbonyl (C=O) groups is 2. The summed E-state index contributed by atoms with van der Waals surface area (Å²) < 4.78 is 28.6. The molecule has 0 heterocycles. The Bertz CT molecular complexity index is 339. The Morgan fingerprint density at radius 1 is 1.33 bits per heavy atom. The van der Waals surface area contributed by atoms with Gasteiger partial charge in [-0.2, -0.15) is 8.42 Å². The second-order valence-corrected chi connectivity index (χ2v) is 3.08. The molecule has 12 heavy (non-hydrogen) atoms. The molecule has 0 saturated carbocycles. The van der Waals surface area contributed by atoms with Gasteiger partial charge in [0.1, 0.15) is 0 Å². The zero-order valence-electron chi connectivity index (χ0n) is 5.59. The average Bonchev–Trinajstić information content (AvgIpc) is 1.79. The molecule has 68 valence electrons. The molecule has 4 N–H and O–H groups in total. The minimum absolute atomic E-state index is 0.109. The average molecular weight is 195 g/mol. The van der Waals surface area contributed by atoms with E-state index in [1.54, 1.807) is 0 Å². The molecular weight excluding hydrogens is 190 g/mol. The van der Waals surface area contributed by atoms with Crippen LogP contribution >= 0.6 is 0 Å². The Labute approximate surface area is 67.2 Å². The molecule has 1 amide bonds. The maximum absolute atomic E-state index is 10.2. The summed E-state index contributed by atoms with van der Waals surface area (Å²) in [5.41, 5.74) is 4.47. The van der Waals surface area contributed by atoms with E-state index in [0.717, 1.165) is 0 Å². The third-order valence-corrected chi connectivity index (χ3v) is 1.61. The van der Waals surface area contributed by atoms with Crippen LogP contribution in [0.3, 0.4) is 0 Å². The molecule has 0 aliphatic heterocycles. The summed E-state index contributed by atoms with van der Waals surface area (Å²) in [4.78, 5) is 18.7. The predicted molar refractivity (Wildman–Crippen MR) is 36.5 cm³/mol. The van der Waals surface area contributed by atoms with E-state index in [9.17, 15) is 18.0 Å². The van der Waals surface area contributed by atoms with Gasteiger partial charge in [-0.15, -0.1) is 0 Å². The number of carboxylic acid groups (broad SMARTS) is 1. The quantitative estimate of drug-likeness (QED) is 0.364. The summed E-state index contributed by atoms with van der Waals surface area (Å²) >= 11 is 0. The van der Waals surface area contributed by atoms with Gasteiger partial charge in [-0.05, 0) is 0 Å². The molecular formula is C4H5NO6S. The number of aliphatic carboxylic acids is 1. The minimum atomic E-state index is -4.90. The van der Waals surface area contributed by atoms with Crippen LogP contribution in [0.2, 0.25) is 0 Å². The highest BCUT2D eigenvalue weighted by molar-refractivity contribution is 7.90. The van der Waals surface area contributed by atoms with Crippen LogP contribution in [0.15, 0.2) is 11.0 Å². The molecule has 0 aliphatic rings. The molecule has 0 rings (SSSR count). The van der Waals surface area contributed by atoms with Gasteiger partial charge in [0.05, 0.1) is 0 Å². The number of nitrogens with two attached hydrogens (primary N) is 1. The SMILES string of the molecule is NC(=O)/C=C(/C(=O)O)S(=O)(=O)O. The zero-order chi connectivity index (χ0) is 9.94. The van der Waals surface area contributed by atoms with Crippen LogP contribution in [0, 0.1) is 0 Å². The Hall–Kier alpha value is -1.41. The topological polar surface area (TPSA) is 135 Å². The number of amides is 1. The van der Waals surface area contributed by atoms with Crippen molar-refractivity contribution in [3.63, 3.8) is 0 Å². The molecule has 0 fully saturated rings. The van der Waals surface area contributed by atoms with Crippen LogP contribution in [0.5, 0.6) is 0 Å². The summed E-state index contributed by atoms with van der Waals surface area (Å²) in [6.45, 7) is 0. The summed E-state index contributed by atoms with van der Waals surface area (Å²) in [6.07, 6.45) is 0.109. The number of carbonyl (C=O) groups excluding carboxylic acids is 1. The monoisotopic (exact) mass is 195 g/mol. The smallest absolute Gasteiger partial charge is 0.350 e. The molecule has 0 unspecified atom stereocenters. The van der Waals surface area contributed by atoms with E-state index in [1.807, 2.05) is 0 Å². The van der Waals surface area contributed by atoms with Gasteiger partial charge in [-0.3, -0.25) is 9.35 Å². The maximum Gasteiger partial charge on any atom is 0.350 e. The van der Waals surface area contributed by atoms with Crippen molar-refractivity contribution in [3.8, 4) is 0 Å². The lowest BCUT2D eigenvalue weighted by Crippen LogP contribution is -2.16. The number of primary amides is 1. The van der Waals surface area contributed by atoms with E-state index < -0.39 is 26.9 Å². The van der Waals surface area contributed by atoms with E-state index in [2.05, 4.69) is 5.73 Å². The van der Waals surface area contributed by atoms with Crippen molar-refractivity contribution in [1.82, 2.24) is 0 Å². The summed E-state index contributed by atoms with van der Waals surface area (Å²) in [7, 11) is -4.90. The molecule has 0 atom stereocenters. The molecule has 0 aliphatic carbocycles. The van der Waals surface area contributed by atoms with Gasteiger partial charge in [-0.1, -0.05) is 0 Å². The first kappa shape index (κ1) is 10.6. The van der Waals surface area contributed by atoms with Crippen LogP contribution in [0.25, 0.3) is 0 Å². The summed E-state index contributed by atoms with van der Waals surface area (Å²) in [5, 5.41) is 8.14. The molecule has 0 aromatic rings. The molecule has 0 spiro atoms. The van der Waals surface area contributed by atoms with E-state index in [0.29, 0.717) is 0 Å². The van der Waals surface area contributed by atoms with E-state index >= 15 is 0 Å². The van der Waals surface area contributed by atoms with Crippen LogP contribution in [-0.4, -0.2) is 30.0 Å². The number of rotatable bonds is 3. The first-order valence-corrected chi connectivity index (χ1v) is 3.91. The van der Waals surface area contributed by atoms with E-state index in [1.165, 1.54) is 0 Å². The van der Waals surface area contributed by atoms with Crippen LogP contribution in [-0.2, 0) is 19.7 Å². The van der Waals surface area contributed by atoms with Crippen molar-refractivity contribution in [3.05, 3.63) is 11.0 Å². The van der Waals surface area contributed by atoms with Crippen molar-refractivity contribution in [2.45, 2.75) is 0 Å². The summed E-state index contributed by atoms with van der Waals surface area (Å²) in [5.74, 6) is -3.22. The standard InChI is InChI=1S/C4H5NO6S/c5-3(6)1-2(4(7)8)12(9,10)11/h1H,(H2,5,6)(H,7,8)(H,9,10,11)/b2-1-. The third-order valence-electron chi connectivity index (χ3n) is 0.762. The van der Waals surface area contributed by atoms with Crippen molar-refractivity contribution >= 4 is 22.0 Å². The number of carboxylic acids is 1. The fraction of sp³-hybridized carbons (Fsp3) is 0. The molecule has 0 aromatic heterocycles. The van der Waals surface area contributed by atoms with Gasteiger partial charge in [0.25, 0.3) is 0 Å². The van der Waals surface area contributed by atoms with Crippen molar-refractivity contribution in [2.75, 3.05) is 0 Å². The number of hydrogen-bond donors (Lipinski definition) is 3. The van der Waals surface area contributed by atoms with E-state index in [-0.39, 0.29) is 6.08 Å². The third kappa shape index (κ3) is 3.12. The second kappa shape index (κ2) is 3.32. The van der Waals surface area contributed by atoms with Gasteiger partial charge in [0, 0.05) is 6.08 Å². The molecule has 7 nitrogen and oxygen atoms in total. The Balaban J connectivity index is 5.23. The van der Waals surface area contributed by atoms with Crippen LogP contribution < -0.4 is 5.73 Å². The lowest BCUT2D eigenvalue weighted by atomic mass is 10.5. The Kier molecular flexibility index (Phi) is 2.93. The zero-order valence-corrected chi connectivity index (χ0v) is 6.41. The van der Waals surface area contributed by atoms with Crippen molar-refractivity contribution < 1.29 is 27.7 Å². The maximum atomic E-state index is 10.2. The highest BCUT2D eigenvalue weighted by atomic mass is 32.2. The fourth-order valence-corrected chi connectivity index (χ4v) is 0.861. The minimum Gasteiger partial charge on any atom is -0.477 e. The Morgan fingerprint density at radius 2 is 1.75 bits per heavy atom. The molecule has 0 bridgehead atoms. The van der Waals surface area contributed by atoms with Crippen LogP contribution in [0.1, 0.15) is 0 Å². The second-order valence-electron chi connectivity index (χ2n) is 1.69. The molecule has 0 aromatic carbocycles. The first-order chi connectivity index (χ1) is 5.25. The number of hydrogen-bond acceptors (Lipinski definition) is 4. The van der Waals surface area contributed by atoms with E-state index in [4.69, 9.17) is 9.66 Å². The normalized spacial score (nSPS) is 12.6. The van der Waals surface area contributed by atoms with Gasteiger partial charge >= 0.3 is 16.1 Å².